The van der Waals surface area contributed by atoms with Crippen LogP contribution in [-0.2, 0) is 6.18 Å². The molecule has 0 aliphatic carbocycles. The highest BCUT2D eigenvalue weighted by Gasteiger charge is 2.33. The zero-order chi connectivity index (χ0) is 19.6. The van der Waals surface area contributed by atoms with Gasteiger partial charge in [-0.3, -0.25) is 4.79 Å². The molecule has 2 aromatic rings. The van der Waals surface area contributed by atoms with Crippen molar-refractivity contribution in [1.29, 1.82) is 5.26 Å². The molecule has 1 amide bonds. The van der Waals surface area contributed by atoms with Gasteiger partial charge in [-0.05, 0) is 54.7 Å². The molecule has 3 rings (SSSR count). The van der Waals surface area contributed by atoms with Gasteiger partial charge in [0.15, 0.2) is 0 Å². The van der Waals surface area contributed by atoms with Crippen molar-refractivity contribution >= 4 is 11.6 Å². The molecule has 27 heavy (non-hydrogen) atoms. The predicted molar refractivity (Wildman–Crippen MR) is 94.9 cm³/mol. The van der Waals surface area contributed by atoms with Gasteiger partial charge in [0.1, 0.15) is 0 Å². The summed E-state index contributed by atoms with van der Waals surface area (Å²) in [6.07, 6.45) is -3.02. The molecule has 0 radical (unpaired) electrons. The second-order valence-corrected chi connectivity index (χ2v) is 6.60. The number of likely N-dealkylation sites (tertiary alicyclic amines) is 1. The summed E-state index contributed by atoms with van der Waals surface area (Å²) in [5, 5.41) is 8.86. The average Bonchev–Trinajstić information content (AvgIpc) is 2.66. The van der Waals surface area contributed by atoms with Gasteiger partial charge in [0.05, 0.1) is 17.2 Å². The summed E-state index contributed by atoms with van der Waals surface area (Å²) in [6.45, 7) is 1.04. The molecule has 2 N–H and O–H groups in total. The maximum absolute atomic E-state index is 12.8. The van der Waals surface area contributed by atoms with Gasteiger partial charge in [0, 0.05) is 24.3 Å². The van der Waals surface area contributed by atoms with Gasteiger partial charge in [0.25, 0.3) is 5.91 Å². The van der Waals surface area contributed by atoms with Crippen LogP contribution in [0.5, 0.6) is 0 Å². The van der Waals surface area contributed by atoms with Crippen LogP contribution >= 0.6 is 0 Å². The second-order valence-electron chi connectivity index (χ2n) is 6.60. The van der Waals surface area contributed by atoms with Crippen LogP contribution in [0.1, 0.15) is 45.8 Å². The lowest BCUT2D eigenvalue weighted by molar-refractivity contribution is -0.136. The van der Waals surface area contributed by atoms with Crippen LogP contribution in [0.3, 0.4) is 0 Å². The van der Waals surface area contributed by atoms with Gasteiger partial charge in [-0.1, -0.05) is 12.1 Å². The van der Waals surface area contributed by atoms with Crippen LogP contribution in [0.25, 0.3) is 0 Å². The molecule has 0 spiro atoms. The summed E-state index contributed by atoms with van der Waals surface area (Å²) in [4.78, 5) is 14.2. The van der Waals surface area contributed by atoms with Crippen LogP contribution < -0.4 is 5.73 Å². The Morgan fingerprint density at radius 3 is 2.26 bits per heavy atom. The first-order valence-corrected chi connectivity index (χ1v) is 8.55. The SMILES string of the molecule is N#Cc1ccc(C2CCN(C(=O)c3ccc(C(F)(F)F)c(N)c3)CC2)cc1. The van der Waals surface area contributed by atoms with E-state index >= 15 is 0 Å². The summed E-state index contributed by atoms with van der Waals surface area (Å²) >= 11 is 0. The van der Waals surface area contributed by atoms with Gasteiger partial charge in [-0.2, -0.15) is 18.4 Å². The molecule has 4 nitrogen and oxygen atoms in total. The third-order valence-corrected chi connectivity index (χ3v) is 4.90. The average molecular weight is 373 g/mol. The number of hydrogen-bond acceptors (Lipinski definition) is 3. The molecule has 1 aliphatic rings. The molecule has 1 saturated heterocycles. The molecule has 0 atom stereocenters. The van der Waals surface area contributed by atoms with Crippen molar-refractivity contribution in [3.63, 3.8) is 0 Å². The molecule has 1 fully saturated rings. The van der Waals surface area contributed by atoms with E-state index in [9.17, 15) is 18.0 Å². The third kappa shape index (κ3) is 4.05. The number of piperidine rings is 1. The van der Waals surface area contributed by atoms with Crippen molar-refractivity contribution < 1.29 is 18.0 Å². The first-order chi connectivity index (χ1) is 12.8. The fourth-order valence-electron chi connectivity index (χ4n) is 3.38. The number of rotatable bonds is 2. The summed E-state index contributed by atoms with van der Waals surface area (Å²) < 4.78 is 38.4. The van der Waals surface area contributed by atoms with Gasteiger partial charge in [-0.25, -0.2) is 0 Å². The fourth-order valence-corrected chi connectivity index (χ4v) is 3.38. The summed E-state index contributed by atoms with van der Waals surface area (Å²) in [5.74, 6) is -0.0202. The molecular formula is C20H18F3N3O. The number of hydrogen-bond donors (Lipinski definition) is 1. The highest BCUT2D eigenvalue weighted by Crippen LogP contribution is 2.34. The molecule has 1 heterocycles. The van der Waals surface area contributed by atoms with Gasteiger partial charge < -0.3 is 10.6 Å². The Hall–Kier alpha value is -3.01. The molecule has 1 aliphatic heterocycles. The van der Waals surface area contributed by atoms with E-state index in [0.29, 0.717) is 24.6 Å². The molecule has 7 heteroatoms. The Kier molecular flexibility index (Phi) is 5.08. The monoisotopic (exact) mass is 373 g/mol. The molecule has 2 aromatic carbocycles. The highest BCUT2D eigenvalue weighted by atomic mass is 19.4. The van der Waals surface area contributed by atoms with Crippen molar-refractivity contribution in [3.8, 4) is 6.07 Å². The van der Waals surface area contributed by atoms with E-state index in [2.05, 4.69) is 6.07 Å². The Morgan fingerprint density at radius 1 is 1.11 bits per heavy atom. The van der Waals surface area contributed by atoms with E-state index in [1.807, 2.05) is 12.1 Å². The van der Waals surface area contributed by atoms with Crippen LogP contribution in [0.2, 0.25) is 0 Å². The van der Waals surface area contributed by atoms with E-state index in [1.54, 1.807) is 17.0 Å². The molecule has 0 unspecified atom stereocenters. The number of halogens is 3. The maximum atomic E-state index is 12.8. The number of benzene rings is 2. The number of amides is 1. The van der Waals surface area contributed by atoms with Crippen LogP contribution in [-0.4, -0.2) is 23.9 Å². The van der Waals surface area contributed by atoms with Crippen molar-refractivity contribution in [2.24, 2.45) is 0 Å². The lowest BCUT2D eigenvalue weighted by Gasteiger charge is -2.32. The zero-order valence-corrected chi connectivity index (χ0v) is 14.5. The number of carbonyl (C=O) groups is 1. The lowest BCUT2D eigenvalue weighted by atomic mass is 9.89. The summed E-state index contributed by atoms with van der Waals surface area (Å²) in [7, 11) is 0. The second kappa shape index (κ2) is 7.31. The molecular weight excluding hydrogens is 355 g/mol. The Morgan fingerprint density at radius 2 is 1.74 bits per heavy atom. The topological polar surface area (TPSA) is 70.1 Å². The molecule has 0 aromatic heterocycles. The van der Waals surface area contributed by atoms with E-state index in [1.165, 1.54) is 6.07 Å². The summed E-state index contributed by atoms with van der Waals surface area (Å²) in [5.41, 5.74) is 6.00. The standard InChI is InChI=1S/C20H18F3N3O/c21-20(22,23)17-6-5-16(11-18(17)25)19(27)26-9-7-15(8-10-26)14-3-1-13(12-24)2-4-14/h1-6,11,15H,7-10,25H2. The zero-order valence-electron chi connectivity index (χ0n) is 14.5. The molecule has 0 saturated carbocycles. The van der Waals surface area contributed by atoms with Crippen molar-refractivity contribution in [3.05, 3.63) is 64.7 Å². The van der Waals surface area contributed by atoms with Crippen LogP contribution in [0, 0.1) is 11.3 Å². The quantitative estimate of drug-likeness (QED) is 0.803. The Balaban J connectivity index is 1.66. The summed E-state index contributed by atoms with van der Waals surface area (Å²) in [6, 6.07) is 12.6. The minimum Gasteiger partial charge on any atom is -0.398 e. The largest absolute Gasteiger partial charge is 0.418 e. The fraction of sp³-hybridized carbons (Fsp3) is 0.300. The highest BCUT2D eigenvalue weighted by molar-refractivity contribution is 5.95. The Labute approximate surface area is 155 Å². The number of nitrogen functional groups attached to an aromatic ring is 1. The van der Waals surface area contributed by atoms with E-state index in [-0.39, 0.29) is 11.5 Å². The van der Waals surface area contributed by atoms with Crippen LogP contribution in [0.4, 0.5) is 18.9 Å². The molecule has 140 valence electrons. The van der Waals surface area contributed by atoms with Gasteiger partial charge in [-0.15, -0.1) is 0 Å². The number of alkyl halides is 3. The lowest BCUT2D eigenvalue weighted by Crippen LogP contribution is -2.38. The van der Waals surface area contributed by atoms with Gasteiger partial charge in [0.2, 0.25) is 0 Å². The van der Waals surface area contributed by atoms with E-state index < -0.39 is 17.4 Å². The number of nitriles is 1. The number of carbonyl (C=O) groups excluding carboxylic acids is 1. The van der Waals surface area contributed by atoms with E-state index in [0.717, 1.165) is 30.5 Å². The maximum Gasteiger partial charge on any atom is 0.418 e. The number of nitrogens with two attached hydrogens (primary N) is 1. The normalized spacial score (nSPS) is 15.4. The first-order valence-electron chi connectivity index (χ1n) is 8.55. The molecule has 0 bridgehead atoms. The number of nitrogens with zero attached hydrogens (tertiary/aromatic N) is 2. The Bertz CT molecular complexity index is 877. The smallest absolute Gasteiger partial charge is 0.398 e. The van der Waals surface area contributed by atoms with Crippen molar-refractivity contribution in [2.75, 3.05) is 18.8 Å². The predicted octanol–water partition coefficient (Wildman–Crippen LogP) is 4.18. The van der Waals surface area contributed by atoms with Crippen molar-refractivity contribution in [2.45, 2.75) is 24.9 Å². The third-order valence-electron chi connectivity index (χ3n) is 4.90. The first kappa shape index (κ1) is 18.8. The number of anilines is 1. The van der Waals surface area contributed by atoms with Gasteiger partial charge >= 0.3 is 6.18 Å². The minimum absolute atomic E-state index is 0.164. The van der Waals surface area contributed by atoms with E-state index in [4.69, 9.17) is 11.0 Å². The van der Waals surface area contributed by atoms with Crippen molar-refractivity contribution in [1.82, 2.24) is 4.90 Å². The minimum atomic E-state index is -4.54. The van der Waals surface area contributed by atoms with Crippen LogP contribution in [0.15, 0.2) is 42.5 Å².